The Hall–Kier alpha value is -2.74. The van der Waals surface area contributed by atoms with Crippen molar-refractivity contribution < 1.29 is 9.21 Å². The van der Waals surface area contributed by atoms with Gasteiger partial charge in [0.25, 0.3) is 0 Å². The van der Waals surface area contributed by atoms with E-state index >= 15 is 0 Å². The van der Waals surface area contributed by atoms with Crippen LogP contribution in [-0.4, -0.2) is 39.5 Å². The highest BCUT2D eigenvalue weighted by molar-refractivity contribution is 7.99. The van der Waals surface area contributed by atoms with E-state index in [1.54, 1.807) is 18.0 Å². The van der Waals surface area contributed by atoms with Crippen LogP contribution in [-0.2, 0) is 11.3 Å². The molecule has 0 aliphatic carbocycles. The van der Waals surface area contributed by atoms with Crippen LogP contribution in [0.3, 0.4) is 0 Å². The Morgan fingerprint density at radius 3 is 2.61 bits per heavy atom. The van der Waals surface area contributed by atoms with Crippen molar-refractivity contribution >= 4 is 29.3 Å². The number of hydrogen-bond donors (Lipinski definition) is 1. The third-order valence-corrected chi connectivity index (χ3v) is 6.33. The standard InChI is InChI=1S/C23H29N5O2S/c1-17-13-18(2)15-27(14-17)22-25-26-23(28(22)16-20-9-6-11-30-20)31-12-10-21(29)24-19-7-4-3-5-8-19/h3-9,11,17-18H,10,12-16H2,1-2H3,(H,24,29). The first-order chi connectivity index (χ1) is 15.1. The van der Waals surface area contributed by atoms with E-state index in [1.165, 1.54) is 6.42 Å². The molecule has 2 atom stereocenters. The first kappa shape index (κ1) is 21.5. The molecule has 8 heteroatoms. The first-order valence-electron chi connectivity index (χ1n) is 10.8. The number of thioether (sulfide) groups is 1. The van der Waals surface area contributed by atoms with E-state index in [-0.39, 0.29) is 5.91 Å². The van der Waals surface area contributed by atoms with Gasteiger partial charge in [0.15, 0.2) is 5.16 Å². The molecule has 0 spiro atoms. The van der Waals surface area contributed by atoms with Gasteiger partial charge in [0.1, 0.15) is 5.76 Å². The van der Waals surface area contributed by atoms with Gasteiger partial charge < -0.3 is 14.6 Å². The van der Waals surface area contributed by atoms with Crippen molar-refractivity contribution in [1.82, 2.24) is 14.8 Å². The number of para-hydroxylation sites is 1. The molecule has 0 bridgehead atoms. The normalized spacial score (nSPS) is 18.8. The topological polar surface area (TPSA) is 76.2 Å². The van der Waals surface area contributed by atoms with Gasteiger partial charge in [-0.15, -0.1) is 10.2 Å². The number of carbonyl (C=O) groups is 1. The monoisotopic (exact) mass is 439 g/mol. The maximum Gasteiger partial charge on any atom is 0.228 e. The molecule has 1 saturated heterocycles. The van der Waals surface area contributed by atoms with Gasteiger partial charge in [0, 0.05) is 31.0 Å². The van der Waals surface area contributed by atoms with E-state index in [4.69, 9.17) is 4.42 Å². The second-order valence-electron chi connectivity index (χ2n) is 8.31. The van der Waals surface area contributed by atoms with Crippen molar-refractivity contribution in [3.63, 3.8) is 0 Å². The minimum absolute atomic E-state index is 0.00490. The third kappa shape index (κ3) is 5.70. The van der Waals surface area contributed by atoms with Crippen LogP contribution in [0.25, 0.3) is 0 Å². The minimum atomic E-state index is -0.00490. The van der Waals surface area contributed by atoms with Crippen LogP contribution < -0.4 is 10.2 Å². The lowest BCUT2D eigenvalue weighted by molar-refractivity contribution is -0.115. The van der Waals surface area contributed by atoms with E-state index in [0.29, 0.717) is 30.6 Å². The lowest BCUT2D eigenvalue weighted by Crippen LogP contribution is -2.40. The number of nitrogens with zero attached hydrogens (tertiary/aromatic N) is 4. The summed E-state index contributed by atoms with van der Waals surface area (Å²) >= 11 is 1.55. The van der Waals surface area contributed by atoms with Crippen LogP contribution in [0.15, 0.2) is 58.3 Å². The minimum Gasteiger partial charge on any atom is -0.467 e. The third-order valence-electron chi connectivity index (χ3n) is 5.36. The van der Waals surface area contributed by atoms with Crippen molar-refractivity contribution in [3.8, 4) is 0 Å². The summed E-state index contributed by atoms with van der Waals surface area (Å²) in [5, 5.41) is 12.7. The van der Waals surface area contributed by atoms with Crippen LogP contribution in [0.5, 0.6) is 0 Å². The van der Waals surface area contributed by atoms with Gasteiger partial charge in [-0.3, -0.25) is 9.36 Å². The van der Waals surface area contributed by atoms with Crippen molar-refractivity contribution in [2.24, 2.45) is 11.8 Å². The van der Waals surface area contributed by atoms with Crippen LogP contribution >= 0.6 is 11.8 Å². The van der Waals surface area contributed by atoms with E-state index in [9.17, 15) is 4.79 Å². The summed E-state index contributed by atoms with van der Waals surface area (Å²) in [5.41, 5.74) is 0.814. The summed E-state index contributed by atoms with van der Waals surface area (Å²) in [5.74, 6) is 3.61. The summed E-state index contributed by atoms with van der Waals surface area (Å²) in [6.45, 7) is 7.11. The van der Waals surface area contributed by atoms with Gasteiger partial charge in [-0.2, -0.15) is 0 Å². The quantitative estimate of drug-likeness (QED) is 0.520. The second-order valence-corrected chi connectivity index (χ2v) is 9.37. The molecule has 2 unspecified atom stereocenters. The van der Waals surface area contributed by atoms with Crippen molar-refractivity contribution in [3.05, 3.63) is 54.5 Å². The highest BCUT2D eigenvalue weighted by atomic mass is 32.2. The molecule has 164 valence electrons. The number of benzene rings is 1. The Balaban J connectivity index is 1.44. The van der Waals surface area contributed by atoms with Crippen molar-refractivity contribution in [1.29, 1.82) is 0 Å². The Morgan fingerprint density at radius 2 is 1.90 bits per heavy atom. The SMILES string of the molecule is CC1CC(C)CN(c2nnc(SCCC(=O)Nc3ccccc3)n2Cc2ccco2)C1. The highest BCUT2D eigenvalue weighted by Crippen LogP contribution is 2.29. The maximum absolute atomic E-state index is 12.3. The predicted molar refractivity (Wildman–Crippen MR) is 123 cm³/mol. The van der Waals surface area contributed by atoms with Crippen LogP contribution in [0.4, 0.5) is 11.6 Å². The maximum atomic E-state index is 12.3. The van der Waals surface area contributed by atoms with Crippen molar-refractivity contribution in [2.75, 3.05) is 29.1 Å². The average molecular weight is 440 g/mol. The molecule has 1 aromatic carbocycles. The lowest BCUT2D eigenvalue weighted by Gasteiger charge is -2.35. The van der Waals surface area contributed by atoms with E-state index in [2.05, 4.69) is 38.8 Å². The van der Waals surface area contributed by atoms with Gasteiger partial charge in [-0.05, 0) is 42.5 Å². The number of anilines is 2. The molecular weight excluding hydrogens is 410 g/mol. The van der Waals surface area contributed by atoms with E-state index < -0.39 is 0 Å². The summed E-state index contributed by atoms with van der Waals surface area (Å²) in [6.07, 6.45) is 3.33. The molecule has 1 aliphatic heterocycles. The van der Waals surface area contributed by atoms with Crippen LogP contribution in [0.1, 0.15) is 32.4 Å². The molecule has 0 radical (unpaired) electrons. The zero-order valence-corrected chi connectivity index (χ0v) is 18.8. The number of rotatable bonds is 8. The largest absolute Gasteiger partial charge is 0.467 e. The molecule has 1 aliphatic rings. The number of hydrogen-bond acceptors (Lipinski definition) is 6. The zero-order chi connectivity index (χ0) is 21.6. The Labute approximate surface area is 187 Å². The number of aromatic nitrogens is 3. The number of furan rings is 1. The highest BCUT2D eigenvalue weighted by Gasteiger charge is 2.27. The summed E-state index contributed by atoms with van der Waals surface area (Å²) < 4.78 is 7.70. The average Bonchev–Trinajstić information content (AvgIpc) is 3.39. The molecule has 4 rings (SSSR count). The van der Waals surface area contributed by atoms with Gasteiger partial charge in [-0.1, -0.05) is 43.8 Å². The van der Waals surface area contributed by atoms with Crippen LogP contribution in [0, 0.1) is 11.8 Å². The Kier molecular flexibility index (Phi) is 6.96. The molecule has 0 saturated carbocycles. The fourth-order valence-electron chi connectivity index (χ4n) is 4.12. The smallest absolute Gasteiger partial charge is 0.228 e. The Bertz CT molecular complexity index is 963. The van der Waals surface area contributed by atoms with Crippen molar-refractivity contribution in [2.45, 2.75) is 38.4 Å². The van der Waals surface area contributed by atoms with E-state index in [0.717, 1.165) is 35.6 Å². The van der Waals surface area contributed by atoms with Gasteiger partial charge in [-0.25, -0.2) is 0 Å². The fraction of sp³-hybridized carbons (Fsp3) is 0.435. The molecule has 31 heavy (non-hydrogen) atoms. The molecular formula is C23H29N5O2S. The summed E-state index contributed by atoms with van der Waals surface area (Å²) in [4.78, 5) is 14.6. The molecule has 7 nitrogen and oxygen atoms in total. The first-order valence-corrected chi connectivity index (χ1v) is 11.7. The molecule has 1 N–H and O–H groups in total. The molecule has 1 amide bonds. The van der Waals surface area contributed by atoms with Gasteiger partial charge >= 0.3 is 0 Å². The lowest BCUT2D eigenvalue weighted by atomic mass is 9.92. The number of carbonyl (C=O) groups excluding carboxylic acids is 1. The van der Waals surface area contributed by atoms with E-state index in [1.807, 2.05) is 42.5 Å². The molecule has 2 aromatic heterocycles. The number of nitrogens with one attached hydrogen (secondary N) is 1. The molecule has 1 fully saturated rings. The Morgan fingerprint density at radius 1 is 1.13 bits per heavy atom. The second kappa shape index (κ2) is 10.0. The number of piperidine rings is 1. The van der Waals surface area contributed by atoms with Crippen LogP contribution in [0.2, 0.25) is 0 Å². The predicted octanol–water partition coefficient (Wildman–Crippen LogP) is 4.52. The molecule has 3 aromatic rings. The van der Waals surface area contributed by atoms with Gasteiger partial charge in [0.05, 0.1) is 12.8 Å². The number of amides is 1. The fourth-order valence-corrected chi connectivity index (χ4v) is 5.00. The summed E-state index contributed by atoms with van der Waals surface area (Å²) in [6, 6.07) is 13.4. The summed E-state index contributed by atoms with van der Waals surface area (Å²) in [7, 11) is 0. The molecule has 3 heterocycles. The van der Waals surface area contributed by atoms with Gasteiger partial charge in [0.2, 0.25) is 11.9 Å². The zero-order valence-electron chi connectivity index (χ0n) is 18.0.